The van der Waals surface area contributed by atoms with E-state index in [0.717, 1.165) is 50.5 Å². The molecule has 0 unspecified atom stereocenters. The van der Waals surface area contributed by atoms with Gasteiger partial charge in [-0.25, -0.2) is 4.79 Å². The number of carbonyl (C=O) groups excluding carboxylic acids is 2. The fourth-order valence-corrected chi connectivity index (χ4v) is 3.87. The molecule has 8 heteroatoms. The van der Waals surface area contributed by atoms with Crippen LogP contribution < -0.4 is 4.90 Å². The minimum atomic E-state index is -0.346. The van der Waals surface area contributed by atoms with E-state index in [1.807, 2.05) is 17.0 Å². The highest BCUT2D eigenvalue weighted by atomic mass is 16.6. The molecule has 0 saturated carbocycles. The molecule has 0 spiro atoms. The average Bonchev–Trinajstić information content (AvgIpc) is 3.25. The number of hydrogen-bond acceptors (Lipinski definition) is 6. The Balaban J connectivity index is 1.42. The summed E-state index contributed by atoms with van der Waals surface area (Å²) >= 11 is 0. The molecule has 2 saturated heterocycles. The highest BCUT2D eigenvalue weighted by molar-refractivity contribution is 5.95. The molecule has 0 atom stereocenters. The standard InChI is InChI=1S/C23H28N4O4/c28-22(20-2-4-21(5-3-20)27-14-17-31-23(27)29)26(18-19-6-8-24-9-7-19)11-1-10-25-12-15-30-16-13-25/h2-9H,1,10-18H2. The van der Waals surface area contributed by atoms with Gasteiger partial charge in [-0.05, 0) is 48.4 Å². The van der Waals surface area contributed by atoms with Crippen LogP contribution in [0, 0.1) is 0 Å². The van der Waals surface area contributed by atoms with Gasteiger partial charge >= 0.3 is 6.09 Å². The molecule has 3 heterocycles. The first-order valence-corrected chi connectivity index (χ1v) is 10.7. The SMILES string of the molecule is O=C(c1ccc(N2CCOC2=O)cc1)N(CCCN1CCOCC1)Cc1ccncc1. The first kappa shape index (κ1) is 21.3. The number of aromatic nitrogens is 1. The van der Waals surface area contributed by atoms with Crippen molar-refractivity contribution in [3.8, 4) is 0 Å². The molecule has 164 valence electrons. The molecule has 0 N–H and O–H groups in total. The molecule has 2 fully saturated rings. The van der Waals surface area contributed by atoms with Gasteiger partial charge in [-0.2, -0.15) is 0 Å². The van der Waals surface area contributed by atoms with Gasteiger partial charge in [-0.3, -0.25) is 19.6 Å². The number of anilines is 1. The maximum atomic E-state index is 13.3. The molecule has 2 aliphatic rings. The normalized spacial score (nSPS) is 16.9. The van der Waals surface area contributed by atoms with Gasteiger partial charge in [0.1, 0.15) is 6.61 Å². The molecular formula is C23H28N4O4. The minimum Gasteiger partial charge on any atom is -0.447 e. The lowest BCUT2D eigenvalue weighted by Gasteiger charge is -2.28. The molecule has 0 bridgehead atoms. The van der Waals surface area contributed by atoms with Gasteiger partial charge in [-0.15, -0.1) is 0 Å². The van der Waals surface area contributed by atoms with Crippen LogP contribution in [0.1, 0.15) is 22.3 Å². The average molecular weight is 425 g/mol. The predicted octanol–water partition coefficient (Wildman–Crippen LogP) is 2.40. The van der Waals surface area contributed by atoms with Crippen LogP contribution in [0.5, 0.6) is 0 Å². The number of rotatable bonds is 8. The highest BCUT2D eigenvalue weighted by Crippen LogP contribution is 2.20. The van der Waals surface area contributed by atoms with Crippen LogP contribution in [0.15, 0.2) is 48.8 Å². The number of pyridine rings is 1. The largest absolute Gasteiger partial charge is 0.447 e. The zero-order chi connectivity index (χ0) is 21.5. The van der Waals surface area contributed by atoms with Gasteiger partial charge in [-0.1, -0.05) is 0 Å². The topological polar surface area (TPSA) is 75.2 Å². The Kier molecular flexibility index (Phi) is 7.11. The van der Waals surface area contributed by atoms with Crippen LogP contribution in [0.25, 0.3) is 0 Å². The van der Waals surface area contributed by atoms with E-state index in [1.165, 1.54) is 0 Å². The molecule has 8 nitrogen and oxygen atoms in total. The summed E-state index contributed by atoms with van der Waals surface area (Å²) < 4.78 is 10.4. The van der Waals surface area contributed by atoms with Crippen molar-refractivity contribution in [1.82, 2.24) is 14.8 Å². The van der Waals surface area contributed by atoms with E-state index >= 15 is 0 Å². The number of hydrogen-bond donors (Lipinski definition) is 0. The van der Waals surface area contributed by atoms with E-state index in [2.05, 4.69) is 9.88 Å². The summed E-state index contributed by atoms with van der Waals surface area (Å²) in [4.78, 5) is 35.0. The molecule has 0 aliphatic carbocycles. The van der Waals surface area contributed by atoms with E-state index in [0.29, 0.717) is 31.8 Å². The van der Waals surface area contributed by atoms with Crippen LogP contribution in [0.2, 0.25) is 0 Å². The molecule has 1 aromatic heterocycles. The molecule has 31 heavy (non-hydrogen) atoms. The lowest BCUT2D eigenvalue weighted by molar-refractivity contribution is 0.0355. The zero-order valence-electron chi connectivity index (χ0n) is 17.6. The van der Waals surface area contributed by atoms with Gasteiger partial charge in [0, 0.05) is 56.4 Å². The van der Waals surface area contributed by atoms with Crippen molar-refractivity contribution in [2.75, 3.05) is 57.4 Å². The second-order valence-electron chi connectivity index (χ2n) is 7.70. The third-order valence-electron chi connectivity index (χ3n) is 5.60. The maximum Gasteiger partial charge on any atom is 0.414 e. The Hall–Kier alpha value is -2.97. The van der Waals surface area contributed by atoms with Crippen molar-refractivity contribution in [3.05, 3.63) is 59.9 Å². The Morgan fingerprint density at radius 2 is 1.74 bits per heavy atom. The monoisotopic (exact) mass is 424 g/mol. The summed E-state index contributed by atoms with van der Waals surface area (Å²) in [6.07, 6.45) is 4.04. The molecule has 2 aliphatic heterocycles. The van der Waals surface area contributed by atoms with Crippen molar-refractivity contribution >= 4 is 17.7 Å². The van der Waals surface area contributed by atoms with Gasteiger partial charge in [0.15, 0.2) is 0 Å². The molecule has 0 radical (unpaired) electrons. The quantitative estimate of drug-likeness (QED) is 0.648. The third-order valence-corrected chi connectivity index (χ3v) is 5.60. The van der Waals surface area contributed by atoms with Gasteiger partial charge in [0.25, 0.3) is 5.91 Å². The molecule has 2 aromatic rings. The van der Waals surface area contributed by atoms with Crippen molar-refractivity contribution in [2.45, 2.75) is 13.0 Å². The molecule has 2 amide bonds. The predicted molar refractivity (Wildman–Crippen MR) is 116 cm³/mol. The second kappa shape index (κ2) is 10.4. The number of morpholine rings is 1. The Morgan fingerprint density at radius 3 is 2.42 bits per heavy atom. The first-order valence-electron chi connectivity index (χ1n) is 10.7. The number of benzene rings is 1. The van der Waals surface area contributed by atoms with Crippen molar-refractivity contribution in [1.29, 1.82) is 0 Å². The van der Waals surface area contributed by atoms with E-state index < -0.39 is 0 Å². The third kappa shape index (κ3) is 5.59. The van der Waals surface area contributed by atoms with Gasteiger partial charge in [0.05, 0.1) is 19.8 Å². The number of ether oxygens (including phenoxy) is 2. The zero-order valence-corrected chi connectivity index (χ0v) is 17.6. The molecule has 1 aromatic carbocycles. The second-order valence-corrected chi connectivity index (χ2v) is 7.70. The van der Waals surface area contributed by atoms with E-state index in [9.17, 15) is 9.59 Å². The lowest BCUT2D eigenvalue weighted by Crippen LogP contribution is -2.39. The smallest absolute Gasteiger partial charge is 0.414 e. The van der Waals surface area contributed by atoms with Gasteiger partial charge in [0.2, 0.25) is 0 Å². The Bertz CT molecular complexity index is 869. The van der Waals surface area contributed by atoms with E-state index in [1.54, 1.807) is 41.6 Å². The summed E-state index contributed by atoms with van der Waals surface area (Å²) in [6.45, 7) is 6.50. The number of cyclic esters (lactones) is 1. The van der Waals surface area contributed by atoms with Crippen LogP contribution in [0.3, 0.4) is 0 Å². The Labute approximate surface area is 182 Å². The number of carbonyl (C=O) groups is 2. The molecular weight excluding hydrogens is 396 g/mol. The fourth-order valence-electron chi connectivity index (χ4n) is 3.87. The van der Waals surface area contributed by atoms with Crippen LogP contribution in [-0.2, 0) is 16.0 Å². The Morgan fingerprint density at radius 1 is 1.00 bits per heavy atom. The molecule has 4 rings (SSSR count). The number of amides is 2. The maximum absolute atomic E-state index is 13.3. The van der Waals surface area contributed by atoms with Crippen molar-refractivity contribution < 1.29 is 19.1 Å². The summed E-state index contributed by atoms with van der Waals surface area (Å²) in [6, 6.07) is 11.0. The number of nitrogens with zero attached hydrogens (tertiary/aromatic N) is 4. The van der Waals surface area contributed by atoms with Crippen molar-refractivity contribution in [2.24, 2.45) is 0 Å². The summed E-state index contributed by atoms with van der Waals surface area (Å²) in [7, 11) is 0. The van der Waals surface area contributed by atoms with Crippen LogP contribution in [0.4, 0.5) is 10.5 Å². The lowest BCUT2D eigenvalue weighted by atomic mass is 10.1. The van der Waals surface area contributed by atoms with Crippen LogP contribution >= 0.6 is 0 Å². The van der Waals surface area contributed by atoms with E-state index in [4.69, 9.17) is 9.47 Å². The van der Waals surface area contributed by atoms with Crippen LogP contribution in [-0.4, -0.2) is 79.3 Å². The van der Waals surface area contributed by atoms with E-state index in [-0.39, 0.29) is 12.0 Å². The van der Waals surface area contributed by atoms with Crippen molar-refractivity contribution in [3.63, 3.8) is 0 Å². The fraction of sp³-hybridized carbons (Fsp3) is 0.435. The van der Waals surface area contributed by atoms with Gasteiger partial charge < -0.3 is 14.4 Å². The summed E-state index contributed by atoms with van der Waals surface area (Å²) in [5.41, 5.74) is 2.40. The summed E-state index contributed by atoms with van der Waals surface area (Å²) in [5, 5.41) is 0. The first-order chi connectivity index (χ1) is 15.2. The highest BCUT2D eigenvalue weighted by Gasteiger charge is 2.24. The summed E-state index contributed by atoms with van der Waals surface area (Å²) in [5.74, 6) is -0.0191. The minimum absolute atomic E-state index is 0.0191.